The van der Waals surface area contributed by atoms with Gasteiger partial charge in [-0.25, -0.2) is 19.5 Å². The van der Waals surface area contributed by atoms with Crippen molar-refractivity contribution in [2.75, 3.05) is 17.7 Å². The van der Waals surface area contributed by atoms with Crippen LogP contribution in [0.3, 0.4) is 0 Å². The number of nitrogen functional groups attached to an aromatic ring is 1. The van der Waals surface area contributed by atoms with Crippen LogP contribution < -0.4 is 20.5 Å². The quantitative estimate of drug-likeness (QED) is 0.381. The van der Waals surface area contributed by atoms with Crippen LogP contribution in [0.25, 0.3) is 16.6 Å². The highest BCUT2D eigenvalue weighted by Gasteiger charge is 2.11. The van der Waals surface area contributed by atoms with Gasteiger partial charge in [-0.2, -0.15) is 5.10 Å². The number of hydrogen-bond donors (Lipinski definition) is 2. The third-order valence-corrected chi connectivity index (χ3v) is 4.98. The zero-order chi connectivity index (χ0) is 22.1. The Bertz CT molecular complexity index is 1430. The van der Waals surface area contributed by atoms with Gasteiger partial charge in [-0.15, -0.1) is 0 Å². The summed E-state index contributed by atoms with van der Waals surface area (Å²) in [6, 6.07) is 13.2. The predicted molar refractivity (Wildman–Crippen MR) is 123 cm³/mol. The number of hydrogen-bond acceptors (Lipinski definition) is 8. The molecule has 0 amide bonds. The molecule has 32 heavy (non-hydrogen) atoms. The number of fused-ring (bicyclic) bond motifs is 2. The first-order chi connectivity index (χ1) is 15.6. The normalized spacial score (nSPS) is 11.1. The molecule has 0 unspecified atom stereocenters. The van der Waals surface area contributed by atoms with Crippen LogP contribution >= 0.6 is 0 Å². The molecule has 0 radical (unpaired) electrons. The summed E-state index contributed by atoms with van der Waals surface area (Å²) in [6.45, 7) is 4.44. The molecule has 5 aromatic rings. The summed E-state index contributed by atoms with van der Waals surface area (Å²) in [6.07, 6.45) is 4.83. The van der Waals surface area contributed by atoms with E-state index in [1.54, 1.807) is 4.52 Å². The van der Waals surface area contributed by atoms with E-state index in [1.807, 2.05) is 62.5 Å². The maximum atomic E-state index is 6.15. The molecule has 0 bridgehead atoms. The van der Waals surface area contributed by atoms with Gasteiger partial charge >= 0.3 is 0 Å². The molecule has 0 aliphatic carbocycles. The second-order valence-corrected chi connectivity index (χ2v) is 7.20. The molecular weight excluding hydrogens is 406 g/mol. The van der Waals surface area contributed by atoms with Gasteiger partial charge in [0.05, 0.1) is 17.8 Å². The smallest absolute Gasteiger partial charge is 0.158 e. The molecule has 0 atom stereocenters. The summed E-state index contributed by atoms with van der Waals surface area (Å²) in [7, 11) is 0. The Kier molecular flexibility index (Phi) is 4.91. The number of anilines is 3. The molecule has 0 aliphatic rings. The summed E-state index contributed by atoms with van der Waals surface area (Å²) in [5.74, 6) is 2.72. The predicted octanol–water partition coefficient (Wildman–Crippen LogP) is 4.50. The van der Waals surface area contributed by atoms with Gasteiger partial charge in [0.15, 0.2) is 5.65 Å². The van der Waals surface area contributed by atoms with Crippen molar-refractivity contribution < 1.29 is 9.47 Å². The minimum Gasteiger partial charge on any atom is -0.492 e. The number of nitrogens with zero attached hydrogens (tertiary/aromatic N) is 5. The maximum Gasteiger partial charge on any atom is 0.158 e. The second-order valence-electron chi connectivity index (χ2n) is 7.20. The van der Waals surface area contributed by atoms with E-state index in [9.17, 15) is 0 Å². The van der Waals surface area contributed by atoms with Gasteiger partial charge in [0.2, 0.25) is 0 Å². The van der Waals surface area contributed by atoms with Crippen LogP contribution in [0.2, 0.25) is 0 Å². The molecule has 0 fully saturated rings. The second kappa shape index (κ2) is 8.03. The van der Waals surface area contributed by atoms with E-state index in [0.717, 1.165) is 33.6 Å². The fraction of sp³-hybridized carbons (Fsp3) is 0.130. The number of rotatable bonds is 6. The molecule has 2 aromatic carbocycles. The summed E-state index contributed by atoms with van der Waals surface area (Å²) >= 11 is 0. The largest absolute Gasteiger partial charge is 0.492 e. The Morgan fingerprint density at radius 2 is 1.91 bits per heavy atom. The highest BCUT2D eigenvalue weighted by molar-refractivity contribution is 5.94. The van der Waals surface area contributed by atoms with Gasteiger partial charge in [-0.3, -0.25) is 0 Å². The first-order valence-electron chi connectivity index (χ1n) is 10.1. The number of pyridine rings is 1. The van der Waals surface area contributed by atoms with Gasteiger partial charge < -0.3 is 20.5 Å². The topological polar surface area (TPSA) is 112 Å². The molecule has 0 saturated carbocycles. The van der Waals surface area contributed by atoms with Crippen LogP contribution in [0.1, 0.15) is 12.5 Å². The van der Waals surface area contributed by atoms with Gasteiger partial charge in [0.1, 0.15) is 35.7 Å². The molecule has 5 rings (SSSR count). The molecule has 3 aromatic heterocycles. The third kappa shape index (κ3) is 3.71. The van der Waals surface area contributed by atoms with Crippen molar-refractivity contribution in [1.29, 1.82) is 0 Å². The standard InChI is InChI=1S/C23H21N7O2/c1-3-31-21-11-19-17(10-18(21)24)23(27-12-25-19)29-15-4-5-20(14(2)8-15)32-16-6-7-30-22(9-16)26-13-28-30/h4-13H,3,24H2,1-2H3,(H,25,27,29). The van der Waals surface area contributed by atoms with Gasteiger partial charge in [-0.05, 0) is 49.7 Å². The van der Waals surface area contributed by atoms with E-state index in [1.165, 1.54) is 12.7 Å². The molecule has 0 saturated heterocycles. The third-order valence-electron chi connectivity index (χ3n) is 4.98. The molecular formula is C23H21N7O2. The van der Waals surface area contributed by atoms with Crippen LogP contribution in [-0.2, 0) is 0 Å². The average molecular weight is 427 g/mol. The van der Waals surface area contributed by atoms with Crippen LogP contribution in [0.15, 0.2) is 61.3 Å². The number of ether oxygens (including phenoxy) is 2. The van der Waals surface area contributed by atoms with Crippen LogP contribution in [0, 0.1) is 6.92 Å². The Morgan fingerprint density at radius 3 is 2.75 bits per heavy atom. The summed E-state index contributed by atoms with van der Waals surface area (Å²) < 4.78 is 13.3. The van der Waals surface area contributed by atoms with Crippen molar-refractivity contribution in [2.45, 2.75) is 13.8 Å². The Hall–Kier alpha value is -4.40. The zero-order valence-electron chi connectivity index (χ0n) is 17.6. The maximum absolute atomic E-state index is 6.15. The van der Waals surface area contributed by atoms with Crippen LogP contribution in [0.4, 0.5) is 17.2 Å². The Labute approximate surface area is 183 Å². The van der Waals surface area contributed by atoms with E-state index in [2.05, 4.69) is 25.4 Å². The minimum absolute atomic E-state index is 0.534. The first kappa shape index (κ1) is 19.6. The SMILES string of the molecule is CCOc1cc2ncnc(Nc3ccc(Oc4ccn5ncnc5c4)c(C)c3)c2cc1N. The fourth-order valence-electron chi connectivity index (χ4n) is 3.45. The number of benzene rings is 2. The molecule has 0 spiro atoms. The minimum atomic E-state index is 0.534. The number of nitrogens with two attached hydrogens (primary N) is 1. The highest BCUT2D eigenvalue weighted by atomic mass is 16.5. The molecule has 9 heteroatoms. The van der Waals surface area contributed by atoms with Crippen molar-refractivity contribution in [3.8, 4) is 17.2 Å². The fourth-order valence-corrected chi connectivity index (χ4v) is 3.45. The van der Waals surface area contributed by atoms with Crippen LogP contribution in [-0.4, -0.2) is 31.2 Å². The van der Waals surface area contributed by atoms with E-state index in [4.69, 9.17) is 15.2 Å². The van der Waals surface area contributed by atoms with E-state index >= 15 is 0 Å². The number of nitrogens with one attached hydrogen (secondary N) is 1. The van der Waals surface area contributed by atoms with Crippen molar-refractivity contribution in [3.05, 3.63) is 66.9 Å². The molecule has 0 aliphatic heterocycles. The molecule has 3 N–H and O–H groups in total. The van der Waals surface area contributed by atoms with Crippen molar-refractivity contribution >= 4 is 33.7 Å². The molecule has 9 nitrogen and oxygen atoms in total. The summed E-state index contributed by atoms with van der Waals surface area (Å²) in [4.78, 5) is 12.9. The molecule has 160 valence electrons. The highest BCUT2D eigenvalue weighted by Crippen LogP contribution is 2.33. The first-order valence-corrected chi connectivity index (χ1v) is 10.1. The number of aromatic nitrogens is 5. The lowest BCUT2D eigenvalue weighted by Crippen LogP contribution is -2.00. The summed E-state index contributed by atoms with van der Waals surface area (Å²) in [5.41, 5.74) is 10.00. The van der Waals surface area contributed by atoms with E-state index < -0.39 is 0 Å². The lowest BCUT2D eigenvalue weighted by molar-refractivity contribution is 0.342. The molecule has 3 heterocycles. The monoisotopic (exact) mass is 427 g/mol. The van der Waals surface area contributed by atoms with Gasteiger partial charge in [0, 0.05) is 29.4 Å². The van der Waals surface area contributed by atoms with E-state index in [0.29, 0.717) is 29.6 Å². The van der Waals surface area contributed by atoms with Crippen molar-refractivity contribution in [1.82, 2.24) is 24.6 Å². The van der Waals surface area contributed by atoms with Crippen molar-refractivity contribution in [3.63, 3.8) is 0 Å². The van der Waals surface area contributed by atoms with Crippen molar-refractivity contribution in [2.24, 2.45) is 0 Å². The zero-order valence-corrected chi connectivity index (χ0v) is 17.6. The van der Waals surface area contributed by atoms with Gasteiger partial charge in [0.25, 0.3) is 0 Å². The summed E-state index contributed by atoms with van der Waals surface area (Å²) in [5, 5.41) is 8.26. The lowest BCUT2D eigenvalue weighted by atomic mass is 10.1. The Morgan fingerprint density at radius 1 is 1.00 bits per heavy atom. The van der Waals surface area contributed by atoms with E-state index in [-0.39, 0.29) is 0 Å². The van der Waals surface area contributed by atoms with Gasteiger partial charge in [-0.1, -0.05) is 0 Å². The lowest BCUT2D eigenvalue weighted by Gasteiger charge is -2.13. The average Bonchev–Trinajstić information content (AvgIpc) is 3.25. The number of aryl methyl sites for hydroxylation is 1. The Balaban J connectivity index is 1.40. The van der Waals surface area contributed by atoms with Crippen LogP contribution in [0.5, 0.6) is 17.2 Å².